The van der Waals surface area contributed by atoms with Crippen molar-refractivity contribution in [3.8, 4) is 6.07 Å². The van der Waals surface area contributed by atoms with Gasteiger partial charge in [-0.2, -0.15) is 5.26 Å². The van der Waals surface area contributed by atoms with Crippen LogP contribution in [0.2, 0.25) is 0 Å². The lowest BCUT2D eigenvalue weighted by Crippen LogP contribution is -2.38. The van der Waals surface area contributed by atoms with Gasteiger partial charge in [-0.3, -0.25) is 9.69 Å². The van der Waals surface area contributed by atoms with Crippen LogP contribution >= 0.6 is 0 Å². The van der Waals surface area contributed by atoms with Crippen molar-refractivity contribution in [1.82, 2.24) is 10.2 Å². The molecule has 1 atom stereocenters. The van der Waals surface area contributed by atoms with Crippen molar-refractivity contribution in [1.29, 1.82) is 5.26 Å². The lowest BCUT2D eigenvalue weighted by Gasteiger charge is -2.23. The number of benzene rings is 1. The fourth-order valence-corrected chi connectivity index (χ4v) is 2.80. The van der Waals surface area contributed by atoms with Crippen LogP contribution in [0.15, 0.2) is 24.3 Å². The molecule has 1 fully saturated rings. The summed E-state index contributed by atoms with van der Waals surface area (Å²) in [5.41, 5.74) is 1.10. The molecule has 0 aliphatic carbocycles. The van der Waals surface area contributed by atoms with Crippen LogP contribution < -0.4 is 10.6 Å². The minimum absolute atomic E-state index is 0.0344. The quantitative estimate of drug-likeness (QED) is 0.833. The van der Waals surface area contributed by atoms with Gasteiger partial charge in [0.05, 0.1) is 11.3 Å². The van der Waals surface area contributed by atoms with Crippen LogP contribution in [0.4, 0.5) is 5.69 Å². The third kappa shape index (κ3) is 4.28. The van der Waals surface area contributed by atoms with Crippen molar-refractivity contribution >= 4 is 11.6 Å². The SMILES string of the molecule is CNCC1CCCN1CCC(=O)Nc1ccccc1C#N. The molecule has 0 bridgehead atoms. The minimum atomic E-state index is -0.0344. The van der Waals surface area contributed by atoms with Crippen molar-refractivity contribution in [2.45, 2.75) is 25.3 Å². The average molecular weight is 286 g/mol. The summed E-state index contributed by atoms with van der Waals surface area (Å²) in [5.74, 6) is -0.0344. The molecular weight excluding hydrogens is 264 g/mol. The zero-order chi connectivity index (χ0) is 15.1. The van der Waals surface area contributed by atoms with Gasteiger partial charge in [-0.25, -0.2) is 0 Å². The summed E-state index contributed by atoms with van der Waals surface area (Å²) in [7, 11) is 1.96. The van der Waals surface area contributed by atoms with Crippen LogP contribution in [0.1, 0.15) is 24.8 Å². The topological polar surface area (TPSA) is 68.2 Å². The summed E-state index contributed by atoms with van der Waals surface area (Å²) >= 11 is 0. The van der Waals surface area contributed by atoms with Crippen molar-refractivity contribution in [3.63, 3.8) is 0 Å². The van der Waals surface area contributed by atoms with Gasteiger partial charge >= 0.3 is 0 Å². The molecular formula is C16H22N4O. The Labute approximate surface area is 125 Å². The summed E-state index contributed by atoms with van der Waals surface area (Å²) in [6.45, 7) is 2.81. The number of anilines is 1. The maximum absolute atomic E-state index is 12.0. The lowest BCUT2D eigenvalue weighted by molar-refractivity contribution is -0.116. The number of rotatable bonds is 6. The monoisotopic (exact) mass is 286 g/mol. The predicted molar refractivity (Wildman–Crippen MR) is 82.9 cm³/mol. The molecule has 1 amide bonds. The van der Waals surface area contributed by atoms with Crippen LogP contribution in [0.25, 0.3) is 0 Å². The van der Waals surface area contributed by atoms with E-state index in [1.807, 2.05) is 13.1 Å². The number of para-hydroxylation sites is 1. The highest BCUT2D eigenvalue weighted by molar-refractivity contribution is 5.92. The van der Waals surface area contributed by atoms with E-state index in [1.165, 1.54) is 12.8 Å². The van der Waals surface area contributed by atoms with Crippen molar-refractivity contribution in [2.24, 2.45) is 0 Å². The number of nitrogens with one attached hydrogen (secondary N) is 2. The van der Waals surface area contributed by atoms with Gasteiger partial charge in [0.15, 0.2) is 0 Å². The largest absolute Gasteiger partial charge is 0.325 e. The second-order valence-corrected chi connectivity index (χ2v) is 5.35. The first-order chi connectivity index (χ1) is 10.2. The molecule has 1 saturated heterocycles. The first-order valence-corrected chi connectivity index (χ1v) is 7.42. The van der Waals surface area contributed by atoms with Crippen LogP contribution in [-0.2, 0) is 4.79 Å². The zero-order valence-electron chi connectivity index (χ0n) is 12.4. The Morgan fingerprint density at radius 2 is 2.29 bits per heavy atom. The molecule has 0 radical (unpaired) electrons. The summed E-state index contributed by atoms with van der Waals surface area (Å²) in [6.07, 6.45) is 2.85. The van der Waals surface area contributed by atoms with E-state index in [0.717, 1.165) is 19.6 Å². The first kappa shape index (κ1) is 15.5. The van der Waals surface area contributed by atoms with Gasteiger partial charge in [0.1, 0.15) is 6.07 Å². The number of carbonyl (C=O) groups is 1. The van der Waals surface area contributed by atoms with Crippen LogP contribution in [-0.4, -0.2) is 43.5 Å². The Kier molecular flexibility index (Phi) is 5.73. The van der Waals surface area contributed by atoms with Crippen molar-refractivity contribution in [2.75, 3.05) is 32.0 Å². The number of carbonyl (C=O) groups excluding carboxylic acids is 1. The Hall–Kier alpha value is -1.90. The molecule has 5 heteroatoms. The van der Waals surface area contributed by atoms with E-state index >= 15 is 0 Å². The van der Waals surface area contributed by atoms with Gasteiger partial charge < -0.3 is 10.6 Å². The molecule has 0 spiro atoms. The van der Waals surface area contributed by atoms with Crippen LogP contribution in [0.5, 0.6) is 0 Å². The summed E-state index contributed by atoms with van der Waals surface area (Å²) in [6, 6.07) is 9.70. The Morgan fingerprint density at radius 1 is 1.48 bits per heavy atom. The predicted octanol–water partition coefficient (Wildman–Crippen LogP) is 1.57. The van der Waals surface area contributed by atoms with Crippen LogP contribution in [0.3, 0.4) is 0 Å². The fourth-order valence-electron chi connectivity index (χ4n) is 2.80. The number of hydrogen-bond donors (Lipinski definition) is 2. The highest BCUT2D eigenvalue weighted by Gasteiger charge is 2.23. The highest BCUT2D eigenvalue weighted by atomic mass is 16.1. The van der Waals surface area contributed by atoms with Crippen molar-refractivity contribution in [3.05, 3.63) is 29.8 Å². The molecule has 1 aliphatic heterocycles. The molecule has 1 heterocycles. The number of likely N-dealkylation sites (tertiary alicyclic amines) is 1. The Morgan fingerprint density at radius 3 is 3.05 bits per heavy atom. The van der Waals surface area contributed by atoms with Gasteiger partial charge in [0.25, 0.3) is 0 Å². The molecule has 2 rings (SSSR count). The van der Waals surface area contributed by atoms with E-state index < -0.39 is 0 Å². The molecule has 21 heavy (non-hydrogen) atoms. The zero-order valence-corrected chi connectivity index (χ0v) is 12.4. The third-order valence-electron chi connectivity index (χ3n) is 3.89. The third-order valence-corrected chi connectivity index (χ3v) is 3.89. The second-order valence-electron chi connectivity index (χ2n) is 5.35. The Balaban J connectivity index is 1.84. The molecule has 1 unspecified atom stereocenters. The molecule has 1 aliphatic rings. The van der Waals surface area contributed by atoms with Gasteiger partial charge in [0, 0.05) is 25.6 Å². The number of likely N-dealkylation sites (N-methyl/N-ethyl adjacent to an activating group) is 1. The van der Waals surface area contributed by atoms with E-state index in [-0.39, 0.29) is 5.91 Å². The summed E-state index contributed by atoms with van der Waals surface area (Å²) in [5, 5.41) is 15.0. The lowest BCUT2D eigenvalue weighted by atomic mass is 10.2. The highest BCUT2D eigenvalue weighted by Crippen LogP contribution is 2.17. The second kappa shape index (κ2) is 7.77. The van der Waals surface area contributed by atoms with Crippen LogP contribution in [0, 0.1) is 11.3 Å². The maximum Gasteiger partial charge on any atom is 0.225 e. The van der Waals surface area contributed by atoms with Crippen molar-refractivity contribution < 1.29 is 4.79 Å². The molecule has 1 aromatic carbocycles. The van der Waals surface area contributed by atoms with Gasteiger partial charge in [0.2, 0.25) is 5.91 Å². The van der Waals surface area contributed by atoms with E-state index in [4.69, 9.17) is 5.26 Å². The fraction of sp³-hybridized carbons (Fsp3) is 0.500. The van der Waals surface area contributed by atoms with E-state index in [0.29, 0.717) is 23.7 Å². The molecule has 0 aromatic heterocycles. The number of nitrogens with zero attached hydrogens (tertiary/aromatic N) is 2. The average Bonchev–Trinajstić information content (AvgIpc) is 2.93. The smallest absolute Gasteiger partial charge is 0.225 e. The molecule has 1 aromatic rings. The number of amides is 1. The van der Waals surface area contributed by atoms with Gasteiger partial charge in [-0.05, 0) is 38.6 Å². The number of nitriles is 1. The van der Waals surface area contributed by atoms with E-state index in [1.54, 1.807) is 18.2 Å². The molecule has 5 nitrogen and oxygen atoms in total. The minimum Gasteiger partial charge on any atom is -0.325 e. The normalized spacial score (nSPS) is 18.4. The summed E-state index contributed by atoms with van der Waals surface area (Å²) < 4.78 is 0. The maximum atomic E-state index is 12.0. The Bertz CT molecular complexity index is 523. The molecule has 112 valence electrons. The standard InChI is InChI=1S/C16H22N4O/c1-18-12-14-6-4-9-20(14)10-8-16(21)19-15-7-3-2-5-13(15)11-17/h2-3,5,7,14,18H,4,6,8-10,12H2,1H3,(H,19,21). The van der Waals surface area contributed by atoms with Gasteiger partial charge in [-0.1, -0.05) is 12.1 Å². The van der Waals surface area contributed by atoms with E-state index in [2.05, 4.69) is 21.6 Å². The number of hydrogen-bond acceptors (Lipinski definition) is 4. The van der Waals surface area contributed by atoms with Gasteiger partial charge in [-0.15, -0.1) is 0 Å². The molecule has 2 N–H and O–H groups in total. The summed E-state index contributed by atoms with van der Waals surface area (Å²) in [4.78, 5) is 14.4. The molecule has 0 saturated carbocycles. The van der Waals surface area contributed by atoms with E-state index in [9.17, 15) is 4.79 Å². The first-order valence-electron chi connectivity index (χ1n) is 7.42.